The first-order valence-electron chi connectivity index (χ1n) is 8.99. The summed E-state index contributed by atoms with van der Waals surface area (Å²) >= 11 is 0. The van der Waals surface area contributed by atoms with Gasteiger partial charge in [0.2, 0.25) is 0 Å². The average molecular weight is 333 g/mol. The zero-order valence-corrected chi connectivity index (χ0v) is 13.7. The van der Waals surface area contributed by atoms with Gasteiger partial charge in [0.05, 0.1) is 0 Å². The van der Waals surface area contributed by atoms with Gasteiger partial charge in [-0.3, -0.25) is 4.79 Å². The van der Waals surface area contributed by atoms with Crippen LogP contribution in [0, 0.1) is 0 Å². The van der Waals surface area contributed by atoms with Crippen LogP contribution in [-0.2, 0) is 4.79 Å². The second kappa shape index (κ2) is 24.9. The van der Waals surface area contributed by atoms with E-state index in [-0.39, 0.29) is 70.2 Å². The van der Waals surface area contributed by atoms with Crippen molar-refractivity contribution in [3.63, 3.8) is 0 Å². The number of carboxylic acids is 1. The standard InChI is InChI=1S/C18H36O2.K.Li.2H/c1-2-3-4-5-6-7-8-9-10-11-12-13-14-15-16-17-18(19)20;;;;/h2-17H2,1H3,(H,19,20);;;;. The van der Waals surface area contributed by atoms with E-state index in [1.54, 1.807) is 0 Å². The molecule has 0 radical (unpaired) electrons. The zero-order chi connectivity index (χ0) is 14.9. The Bertz CT molecular complexity index is 213. The van der Waals surface area contributed by atoms with Crippen molar-refractivity contribution in [3.05, 3.63) is 0 Å². The number of unbranched alkanes of at least 4 members (excludes halogenated alkanes) is 14. The molecule has 0 unspecified atom stereocenters. The average Bonchev–Trinajstić information content (AvgIpc) is 2.43. The molecule has 4 heteroatoms. The molecule has 2 nitrogen and oxygen atoms in total. The van der Waals surface area contributed by atoms with Gasteiger partial charge in [-0.25, -0.2) is 0 Å². The predicted octanol–water partition coefficient (Wildman–Crippen LogP) is 5.04. The Balaban J connectivity index is -0.00000180. The Labute approximate surface area is 193 Å². The molecule has 22 heavy (non-hydrogen) atoms. The van der Waals surface area contributed by atoms with Crippen LogP contribution in [0.2, 0.25) is 0 Å². The van der Waals surface area contributed by atoms with Gasteiger partial charge in [0.1, 0.15) is 0 Å². The van der Waals surface area contributed by atoms with Gasteiger partial charge in [-0.2, -0.15) is 0 Å². The molecule has 0 saturated carbocycles. The fourth-order valence-electron chi connectivity index (χ4n) is 2.65. The third kappa shape index (κ3) is 26.6. The molecule has 0 aliphatic rings. The summed E-state index contributed by atoms with van der Waals surface area (Å²) in [5.74, 6) is -0.653. The van der Waals surface area contributed by atoms with E-state index in [1.165, 1.54) is 83.5 Å². The summed E-state index contributed by atoms with van der Waals surface area (Å²) in [5.41, 5.74) is 0. The van der Waals surface area contributed by atoms with E-state index < -0.39 is 5.97 Å². The molecule has 0 spiro atoms. The number of rotatable bonds is 16. The summed E-state index contributed by atoms with van der Waals surface area (Å²) in [6.45, 7) is 2.27. The van der Waals surface area contributed by atoms with Crippen LogP contribution in [0.4, 0.5) is 0 Å². The minimum atomic E-state index is -0.653. The fraction of sp³-hybridized carbons (Fsp3) is 0.944. The molecular formula is C18H38KLiO2. The van der Waals surface area contributed by atoms with E-state index >= 15 is 0 Å². The van der Waals surface area contributed by atoms with Crippen molar-refractivity contribution in [2.24, 2.45) is 0 Å². The minimum absolute atomic E-state index is 0. The monoisotopic (exact) mass is 332 g/mol. The molecule has 0 aliphatic heterocycles. The van der Waals surface area contributed by atoms with Crippen LogP contribution in [0.5, 0.6) is 0 Å². The predicted molar refractivity (Wildman–Crippen MR) is 101 cm³/mol. The molecular weight excluding hydrogens is 294 g/mol. The van der Waals surface area contributed by atoms with Gasteiger partial charge in [0.15, 0.2) is 0 Å². The molecule has 0 saturated heterocycles. The third-order valence-electron chi connectivity index (χ3n) is 3.99. The summed E-state index contributed by atoms with van der Waals surface area (Å²) in [6, 6.07) is 0. The van der Waals surface area contributed by atoms with Gasteiger partial charge in [-0.05, 0) is 6.42 Å². The molecule has 0 aromatic heterocycles. The Morgan fingerprint density at radius 2 is 0.909 bits per heavy atom. The van der Waals surface area contributed by atoms with Crippen LogP contribution < -0.4 is 0 Å². The maximum absolute atomic E-state index is 10.3. The maximum atomic E-state index is 10.3. The first-order chi connectivity index (χ1) is 9.77. The van der Waals surface area contributed by atoms with Crippen molar-refractivity contribution in [2.75, 3.05) is 0 Å². The number of hydrogen-bond donors (Lipinski definition) is 1. The van der Waals surface area contributed by atoms with Crippen LogP contribution in [0.1, 0.15) is 110 Å². The Morgan fingerprint density at radius 1 is 0.636 bits per heavy atom. The van der Waals surface area contributed by atoms with E-state index in [2.05, 4.69) is 6.92 Å². The van der Waals surface area contributed by atoms with Crippen LogP contribution in [0.25, 0.3) is 0 Å². The van der Waals surface area contributed by atoms with Crippen molar-refractivity contribution < 1.29 is 9.90 Å². The van der Waals surface area contributed by atoms with Gasteiger partial charge in [0.25, 0.3) is 0 Å². The number of hydrogen-bond acceptors (Lipinski definition) is 1. The SMILES string of the molecule is CCCCCCCCCCCCCCCCCC(=O)O.[KH].[LiH]. The van der Waals surface area contributed by atoms with Gasteiger partial charge >= 0.3 is 76.2 Å². The Morgan fingerprint density at radius 3 is 1.18 bits per heavy atom. The second-order valence-electron chi connectivity index (χ2n) is 6.09. The van der Waals surface area contributed by atoms with Gasteiger partial charge in [0, 0.05) is 6.42 Å². The molecule has 0 rings (SSSR count). The third-order valence-corrected chi connectivity index (χ3v) is 3.99. The molecule has 0 aromatic carbocycles. The Hall–Kier alpha value is 1.70. The normalized spacial score (nSPS) is 9.86. The molecule has 124 valence electrons. The van der Waals surface area contributed by atoms with E-state index in [0.29, 0.717) is 6.42 Å². The summed E-state index contributed by atoms with van der Waals surface area (Å²) < 4.78 is 0. The molecule has 0 bridgehead atoms. The van der Waals surface area contributed by atoms with Crippen LogP contribution in [-0.4, -0.2) is 81.3 Å². The number of carboxylic acid groups (broad SMARTS) is 1. The van der Waals surface area contributed by atoms with Crippen molar-refractivity contribution >= 4 is 76.2 Å². The molecule has 0 fully saturated rings. The first-order valence-corrected chi connectivity index (χ1v) is 8.99. The molecule has 0 aromatic rings. The van der Waals surface area contributed by atoms with Gasteiger partial charge < -0.3 is 5.11 Å². The van der Waals surface area contributed by atoms with E-state index in [4.69, 9.17) is 5.11 Å². The topological polar surface area (TPSA) is 37.3 Å². The van der Waals surface area contributed by atoms with E-state index in [9.17, 15) is 4.79 Å². The summed E-state index contributed by atoms with van der Waals surface area (Å²) in [5, 5.41) is 8.52. The van der Waals surface area contributed by atoms with E-state index in [0.717, 1.165) is 12.8 Å². The summed E-state index contributed by atoms with van der Waals surface area (Å²) in [6.07, 6.45) is 20.2. The fourth-order valence-corrected chi connectivity index (χ4v) is 2.65. The number of carbonyl (C=O) groups is 1. The van der Waals surface area contributed by atoms with Crippen molar-refractivity contribution in [1.29, 1.82) is 0 Å². The van der Waals surface area contributed by atoms with Crippen LogP contribution >= 0.6 is 0 Å². The molecule has 0 amide bonds. The Kier molecular flexibility index (Phi) is 32.3. The van der Waals surface area contributed by atoms with Crippen molar-refractivity contribution in [3.8, 4) is 0 Å². The van der Waals surface area contributed by atoms with Crippen molar-refractivity contribution in [2.45, 2.75) is 110 Å². The quantitative estimate of drug-likeness (QED) is 0.318. The van der Waals surface area contributed by atoms with Crippen molar-refractivity contribution in [1.82, 2.24) is 0 Å². The molecule has 0 aliphatic carbocycles. The molecule has 1 N–H and O–H groups in total. The molecule has 0 heterocycles. The first kappa shape index (κ1) is 28.5. The summed E-state index contributed by atoms with van der Waals surface area (Å²) in [4.78, 5) is 10.3. The second-order valence-corrected chi connectivity index (χ2v) is 6.09. The number of aliphatic carboxylic acids is 1. The van der Waals surface area contributed by atoms with Crippen LogP contribution in [0.15, 0.2) is 0 Å². The van der Waals surface area contributed by atoms with Crippen LogP contribution in [0.3, 0.4) is 0 Å². The van der Waals surface area contributed by atoms with Gasteiger partial charge in [-0.1, -0.05) is 96.8 Å². The van der Waals surface area contributed by atoms with E-state index in [1.807, 2.05) is 0 Å². The molecule has 0 atom stereocenters. The summed E-state index contributed by atoms with van der Waals surface area (Å²) in [7, 11) is 0. The van der Waals surface area contributed by atoms with Gasteiger partial charge in [-0.15, -0.1) is 0 Å². The zero-order valence-electron chi connectivity index (χ0n) is 13.7.